The average molecular weight is 531 g/mol. The summed E-state index contributed by atoms with van der Waals surface area (Å²) < 4.78 is 0. The molecule has 3 bridgehead atoms. The Hall–Kier alpha value is -2.95. The van der Waals surface area contributed by atoms with Crippen LogP contribution in [0.25, 0.3) is 27.4 Å². The van der Waals surface area contributed by atoms with E-state index in [0.717, 1.165) is 6.42 Å². The lowest BCUT2D eigenvalue weighted by molar-refractivity contribution is 0.0287. The number of pyridine rings is 1. The lowest BCUT2D eigenvalue weighted by Gasteiger charge is -2.54. The predicted octanol–water partition coefficient (Wildman–Crippen LogP) is 7.66. The first kappa shape index (κ1) is 24.8. The molecule has 0 amide bonds. The van der Waals surface area contributed by atoms with Crippen molar-refractivity contribution >= 4 is 27.4 Å². The van der Waals surface area contributed by atoms with Gasteiger partial charge in [0, 0.05) is 46.5 Å². The van der Waals surface area contributed by atoms with Gasteiger partial charge in [-0.1, -0.05) is 54.7 Å². The lowest BCUT2D eigenvalue weighted by atomic mass is 9.57. The van der Waals surface area contributed by atoms with Gasteiger partial charge in [0.2, 0.25) is 0 Å². The van der Waals surface area contributed by atoms with Gasteiger partial charge < -0.3 is 9.88 Å². The fraction of sp³-hybridized carbons (Fsp3) is 0.472. The first-order valence-electron chi connectivity index (χ1n) is 15.9. The van der Waals surface area contributed by atoms with E-state index < -0.39 is 0 Å². The van der Waals surface area contributed by atoms with Gasteiger partial charge in [-0.3, -0.25) is 9.88 Å². The van der Waals surface area contributed by atoms with Crippen LogP contribution in [-0.4, -0.2) is 58.0 Å². The fourth-order valence-corrected chi connectivity index (χ4v) is 9.06. The summed E-state index contributed by atoms with van der Waals surface area (Å²) >= 11 is 0. The first-order valence-corrected chi connectivity index (χ1v) is 15.9. The van der Waals surface area contributed by atoms with Gasteiger partial charge in [0.1, 0.15) is 0 Å². The molecule has 6 heterocycles. The van der Waals surface area contributed by atoms with E-state index in [4.69, 9.17) is 4.98 Å². The van der Waals surface area contributed by atoms with Crippen molar-refractivity contribution in [1.82, 2.24) is 19.8 Å². The third-order valence-electron chi connectivity index (χ3n) is 10.7. The van der Waals surface area contributed by atoms with Crippen molar-refractivity contribution in [3.05, 3.63) is 84.3 Å². The number of fused-ring (bicyclic) bond motifs is 5. The van der Waals surface area contributed by atoms with Gasteiger partial charge >= 0.3 is 0 Å². The van der Waals surface area contributed by atoms with Gasteiger partial charge in [-0.25, -0.2) is 0 Å². The largest absolute Gasteiger partial charge is 0.353 e. The smallest absolute Gasteiger partial charge is 0.0905 e. The maximum absolute atomic E-state index is 5.16. The Kier molecular flexibility index (Phi) is 6.30. The minimum Gasteiger partial charge on any atom is -0.353 e. The summed E-state index contributed by atoms with van der Waals surface area (Å²) in [6, 6.07) is 12.0. The molecular weight excluding hydrogens is 488 g/mol. The van der Waals surface area contributed by atoms with Crippen LogP contribution in [0.2, 0.25) is 0 Å². The number of benzene rings is 1. The van der Waals surface area contributed by atoms with E-state index in [-0.39, 0.29) is 5.41 Å². The quantitative estimate of drug-likeness (QED) is 0.328. The van der Waals surface area contributed by atoms with Crippen LogP contribution in [0.5, 0.6) is 0 Å². The van der Waals surface area contributed by atoms with Crippen LogP contribution in [0.15, 0.2) is 78.6 Å². The Labute approximate surface area is 238 Å². The number of aromatic nitrogens is 2. The molecular formula is C36H42N4. The molecule has 3 aromatic rings. The zero-order valence-corrected chi connectivity index (χ0v) is 23.7. The van der Waals surface area contributed by atoms with Crippen LogP contribution >= 0.6 is 0 Å². The summed E-state index contributed by atoms with van der Waals surface area (Å²) in [5.74, 6) is 0.526. The molecule has 2 saturated heterocycles. The van der Waals surface area contributed by atoms with Gasteiger partial charge in [-0.2, -0.15) is 0 Å². The van der Waals surface area contributed by atoms with Crippen LogP contribution in [0, 0.1) is 11.3 Å². The molecule has 8 rings (SSSR count). The number of nitrogens with one attached hydrogen (secondary N) is 1. The Bertz CT molecular complexity index is 1540. The number of hydrogen-bond acceptors (Lipinski definition) is 3. The molecule has 1 spiro atoms. The molecule has 40 heavy (non-hydrogen) atoms. The first-order chi connectivity index (χ1) is 19.8. The number of aromatic amines is 1. The Balaban J connectivity index is 1.34. The number of piperidine rings is 1. The van der Waals surface area contributed by atoms with Crippen molar-refractivity contribution in [2.45, 2.75) is 69.9 Å². The summed E-state index contributed by atoms with van der Waals surface area (Å²) in [6.07, 6.45) is 28.3. The third-order valence-corrected chi connectivity index (χ3v) is 10.7. The molecule has 4 nitrogen and oxygen atoms in total. The maximum Gasteiger partial charge on any atom is 0.0905 e. The van der Waals surface area contributed by atoms with E-state index in [2.05, 4.69) is 87.8 Å². The number of allylic oxidation sites excluding steroid dienone is 5. The number of rotatable bonds is 1. The fourth-order valence-electron chi connectivity index (χ4n) is 9.06. The molecule has 2 fully saturated rings. The minimum absolute atomic E-state index is 0.223. The van der Waals surface area contributed by atoms with Gasteiger partial charge in [0.25, 0.3) is 0 Å². The van der Waals surface area contributed by atoms with E-state index in [1.807, 2.05) is 0 Å². The topological polar surface area (TPSA) is 35.2 Å². The maximum atomic E-state index is 5.16. The number of para-hydroxylation sites is 1. The van der Waals surface area contributed by atoms with E-state index in [9.17, 15) is 0 Å². The van der Waals surface area contributed by atoms with Gasteiger partial charge in [-0.15, -0.1) is 0 Å². The van der Waals surface area contributed by atoms with Crippen LogP contribution in [0.3, 0.4) is 0 Å². The molecule has 2 aromatic heterocycles. The second kappa shape index (κ2) is 10.2. The Morgan fingerprint density at radius 2 is 1.80 bits per heavy atom. The molecule has 0 saturated carbocycles. The zero-order valence-electron chi connectivity index (χ0n) is 23.7. The van der Waals surface area contributed by atoms with Crippen molar-refractivity contribution in [3.63, 3.8) is 0 Å². The second-order valence-corrected chi connectivity index (χ2v) is 12.9. The van der Waals surface area contributed by atoms with Crippen molar-refractivity contribution < 1.29 is 0 Å². The molecule has 4 aliphatic heterocycles. The third kappa shape index (κ3) is 3.98. The molecule has 4 heteroatoms. The van der Waals surface area contributed by atoms with E-state index >= 15 is 0 Å². The lowest BCUT2D eigenvalue weighted by Crippen LogP contribution is -2.57. The molecule has 1 N–H and O–H groups in total. The summed E-state index contributed by atoms with van der Waals surface area (Å²) in [4.78, 5) is 14.7. The second-order valence-electron chi connectivity index (χ2n) is 12.9. The van der Waals surface area contributed by atoms with Crippen molar-refractivity contribution in [2.75, 3.05) is 26.2 Å². The van der Waals surface area contributed by atoms with Crippen molar-refractivity contribution in [3.8, 4) is 0 Å². The monoisotopic (exact) mass is 530 g/mol. The van der Waals surface area contributed by atoms with Gasteiger partial charge in [0.05, 0.1) is 11.2 Å². The van der Waals surface area contributed by atoms with Crippen LogP contribution in [-0.2, 0) is 0 Å². The molecule has 1 aliphatic carbocycles. The molecule has 206 valence electrons. The number of nitrogens with zero attached hydrogens (tertiary/aromatic N) is 3. The van der Waals surface area contributed by atoms with E-state index in [1.165, 1.54) is 111 Å². The minimum atomic E-state index is 0.223. The van der Waals surface area contributed by atoms with Gasteiger partial charge in [0.15, 0.2) is 0 Å². The standard InChI is InChI=1S/C36H42N4/c1-2-5-11-20-39-22-18-31-30(33-34-29(17-19-37-33)28-15-9-10-16-32(28)38-34)23-26(13-7-3-1)35-36(31,25-39)24-27-14-8-4-6-12-21-40(27)35/h1,3,8-10,13-17,19,23,27,31,35,38H,2,4-7,11-12,18,20-22,24-25H2/b3-1-,14-8-,26-13?/t27-,31?,35-,36-/m0/s1. The van der Waals surface area contributed by atoms with Crippen LogP contribution in [0.4, 0.5) is 0 Å². The highest BCUT2D eigenvalue weighted by atomic mass is 15.3. The molecule has 2 unspecified atom stereocenters. The Morgan fingerprint density at radius 3 is 2.77 bits per heavy atom. The van der Waals surface area contributed by atoms with E-state index in [1.54, 1.807) is 5.57 Å². The molecule has 1 aromatic carbocycles. The SMILES string of the molecule is C1=C(c2nccc3c2[nH]c2ccccc23)C2CCN3CCCC/C=C\CC=C1[C@@H]1N4CCCC/C=C\[C@H]4C[C@]21C3. The average Bonchev–Trinajstić information content (AvgIpc) is 3.48. The van der Waals surface area contributed by atoms with E-state index in [0.29, 0.717) is 18.0 Å². The highest BCUT2D eigenvalue weighted by molar-refractivity contribution is 6.10. The normalized spacial score (nSPS) is 34.4. The summed E-state index contributed by atoms with van der Waals surface area (Å²) in [5.41, 5.74) is 6.86. The summed E-state index contributed by atoms with van der Waals surface area (Å²) in [7, 11) is 0. The summed E-state index contributed by atoms with van der Waals surface area (Å²) in [6.45, 7) is 4.88. The highest BCUT2D eigenvalue weighted by Gasteiger charge is 2.60. The molecule has 5 atom stereocenters. The predicted molar refractivity (Wildman–Crippen MR) is 166 cm³/mol. The summed E-state index contributed by atoms with van der Waals surface area (Å²) in [5, 5.41) is 2.60. The van der Waals surface area contributed by atoms with Gasteiger partial charge in [-0.05, 0) is 107 Å². The van der Waals surface area contributed by atoms with Crippen molar-refractivity contribution in [2.24, 2.45) is 11.3 Å². The highest BCUT2D eigenvalue weighted by Crippen LogP contribution is 2.60. The molecule has 5 aliphatic rings. The van der Waals surface area contributed by atoms with Crippen molar-refractivity contribution in [1.29, 1.82) is 0 Å². The zero-order chi connectivity index (χ0) is 26.5. The van der Waals surface area contributed by atoms with Crippen LogP contribution < -0.4 is 0 Å². The molecule has 0 radical (unpaired) electrons. The number of H-pyrrole nitrogens is 1. The Morgan fingerprint density at radius 1 is 0.900 bits per heavy atom. The van der Waals surface area contributed by atoms with Crippen LogP contribution in [0.1, 0.15) is 63.5 Å². The number of hydrogen-bond donors (Lipinski definition) is 1.